The van der Waals surface area contributed by atoms with Crippen LogP contribution in [0.25, 0.3) is 22.8 Å². The molecule has 1 saturated heterocycles. The van der Waals surface area contributed by atoms with E-state index in [-0.39, 0.29) is 11.9 Å². The standard InChI is InChI=1S/C25H25FN4O2S/c1-16-5-10-22(17(2)12-16)24-27-20(14-32-24)15-33-25-29-28-23(18-6-8-19(26)9-7-18)30(25)13-21-4-3-11-31-21/h5-10,12,14,21H,3-4,11,13,15H2,1-2H3. The van der Waals surface area contributed by atoms with Crippen molar-refractivity contribution in [3.63, 3.8) is 0 Å². The molecule has 0 amide bonds. The fraction of sp³-hybridized carbons (Fsp3) is 0.320. The van der Waals surface area contributed by atoms with Crippen molar-refractivity contribution in [2.45, 2.75) is 50.2 Å². The predicted molar refractivity (Wildman–Crippen MR) is 125 cm³/mol. The van der Waals surface area contributed by atoms with Gasteiger partial charge in [-0.3, -0.25) is 4.57 Å². The first-order valence-electron chi connectivity index (χ1n) is 11.0. The lowest BCUT2D eigenvalue weighted by atomic mass is 10.1. The maximum absolute atomic E-state index is 13.4. The van der Waals surface area contributed by atoms with Crippen LogP contribution in [-0.4, -0.2) is 32.5 Å². The fourth-order valence-electron chi connectivity index (χ4n) is 4.05. The van der Waals surface area contributed by atoms with Gasteiger partial charge in [-0.2, -0.15) is 0 Å². The van der Waals surface area contributed by atoms with E-state index < -0.39 is 0 Å². The second-order valence-electron chi connectivity index (χ2n) is 8.31. The zero-order chi connectivity index (χ0) is 22.8. The van der Waals surface area contributed by atoms with E-state index in [2.05, 4.69) is 45.7 Å². The smallest absolute Gasteiger partial charge is 0.226 e. The van der Waals surface area contributed by atoms with Gasteiger partial charge < -0.3 is 9.15 Å². The Labute approximate surface area is 196 Å². The summed E-state index contributed by atoms with van der Waals surface area (Å²) in [6.45, 7) is 5.57. The van der Waals surface area contributed by atoms with Crippen LogP contribution < -0.4 is 0 Å². The summed E-state index contributed by atoms with van der Waals surface area (Å²) in [5, 5.41) is 9.62. The Hall–Kier alpha value is -2.97. The van der Waals surface area contributed by atoms with E-state index in [9.17, 15) is 4.39 Å². The minimum Gasteiger partial charge on any atom is -0.444 e. The highest BCUT2D eigenvalue weighted by atomic mass is 32.2. The number of ether oxygens (including phenoxy) is 1. The van der Waals surface area contributed by atoms with Crippen LogP contribution in [0.3, 0.4) is 0 Å². The second-order valence-corrected chi connectivity index (χ2v) is 9.25. The van der Waals surface area contributed by atoms with Crippen LogP contribution >= 0.6 is 11.8 Å². The summed E-state index contributed by atoms with van der Waals surface area (Å²) in [5.74, 6) is 1.66. The number of oxazole rings is 1. The summed E-state index contributed by atoms with van der Waals surface area (Å²) >= 11 is 1.55. The summed E-state index contributed by atoms with van der Waals surface area (Å²) in [4.78, 5) is 4.68. The van der Waals surface area contributed by atoms with Crippen molar-refractivity contribution >= 4 is 11.8 Å². The third-order valence-corrected chi connectivity index (χ3v) is 6.74. The van der Waals surface area contributed by atoms with E-state index in [1.807, 2.05) is 6.07 Å². The van der Waals surface area contributed by atoms with Crippen LogP contribution in [0.4, 0.5) is 4.39 Å². The number of halogens is 1. The molecule has 0 N–H and O–H groups in total. The molecule has 170 valence electrons. The minimum atomic E-state index is -0.274. The van der Waals surface area contributed by atoms with Gasteiger partial charge >= 0.3 is 0 Å². The van der Waals surface area contributed by atoms with Gasteiger partial charge in [0.15, 0.2) is 11.0 Å². The molecule has 0 saturated carbocycles. The van der Waals surface area contributed by atoms with Crippen LogP contribution in [0.15, 0.2) is 58.3 Å². The number of aryl methyl sites for hydroxylation is 2. The monoisotopic (exact) mass is 464 g/mol. The average molecular weight is 465 g/mol. The highest BCUT2D eigenvalue weighted by molar-refractivity contribution is 7.98. The van der Waals surface area contributed by atoms with Gasteiger partial charge in [0.25, 0.3) is 0 Å². The molecule has 33 heavy (non-hydrogen) atoms. The van der Waals surface area contributed by atoms with Crippen molar-refractivity contribution in [1.29, 1.82) is 0 Å². The highest BCUT2D eigenvalue weighted by Gasteiger charge is 2.22. The molecule has 2 aromatic carbocycles. The molecule has 0 spiro atoms. The third kappa shape index (κ3) is 4.86. The van der Waals surface area contributed by atoms with Gasteiger partial charge in [-0.15, -0.1) is 10.2 Å². The van der Waals surface area contributed by atoms with Crippen molar-refractivity contribution in [1.82, 2.24) is 19.7 Å². The maximum atomic E-state index is 13.4. The number of hydrogen-bond acceptors (Lipinski definition) is 6. The molecule has 1 fully saturated rings. The zero-order valence-electron chi connectivity index (χ0n) is 18.6. The van der Waals surface area contributed by atoms with Crippen LogP contribution in [-0.2, 0) is 17.0 Å². The third-order valence-electron chi connectivity index (χ3n) is 5.74. The van der Waals surface area contributed by atoms with E-state index >= 15 is 0 Å². The Bertz CT molecular complexity index is 1250. The Kier molecular flexibility index (Phi) is 6.28. The Morgan fingerprint density at radius 1 is 1.12 bits per heavy atom. The quantitative estimate of drug-likeness (QED) is 0.321. The Balaban J connectivity index is 1.37. The molecular weight excluding hydrogens is 439 g/mol. The molecule has 4 aromatic rings. The summed E-state index contributed by atoms with van der Waals surface area (Å²) in [6, 6.07) is 12.6. The van der Waals surface area contributed by atoms with Crippen molar-refractivity contribution in [2.75, 3.05) is 6.61 Å². The molecular formula is C25H25FN4O2S. The molecule has 0 radical (unpaired) electrons. The van der Waals surface area contributed by atoms with Gasteiger partial charge in [-0.25, -0.2) is 9.37 Å². The van der Waals surface area contributed by atoms with Gasteiger partial charge in [0.05, 0.1) is 18.3 Å². The normalized spacial score (nSPS) is 15.9. The van der Waals surface area contributed by atoms with Crippen molar-refractivity contribution < 1.29 is 13.5 Å². The highest BCUT2D eigenvalue weighted by Crippen LogP contribution is 2.30. The van der Waals surface area contributed by atoms with E-state index in [0.29, 0.717) is 24.0 Å². The molecule has 0 aliphatic carbocycles. The molecule has 1 atom stereocenters. The summed E-state index contributed by atoms with van der Waals surface area (Å²) in [7, 11) is 0. The molecule has 1 aliphatic heterocycles. The second kappa shape index (κ2) is 9.49. The summed E-state index contributed by atoms with van der Waals surface area (Å²) < 4.78 is 27.1. The van der Waals surface area contributed by atoms with Crippen LogP contribution in [0.5, 0.6) is 0 Å². The first-order chi connectivity index (χ1) is 16.1. The fourth-order valence-corrected chi connectivity index (χ4v) is 4.88. The maximum Gasteiger partial charge on any atom is 0.226 e. The van der Waals surface area contributed by atoms with Crippen molar-refractivity contribution in [2.24, 2.45) is 0 Å². The molecule has 0 bridgehead atoms. The first kappa shape index (κ1) is 21.9. The molecule has 2 aromatic heterocycles. The van der Waals surface area contributed by atoms with Crippen molar-refractivity contribution in [3.05, 3.63) is 71.4 Å². The van der Waals surface area contributed by atoms with Crippen LogP contribution in [0.1, 0.15) is 29.7 Å². The van der Waals surface area contributed by atoms with E-state index in [1.54, 1.807) is 30.2 Å². The topological polar surface area (TPSA) is 66.0 Å². The number of thioether (sulfide) groups is 1. The van der Waals surface area contributed by atoms with E-state index in [1.165, 1.54) is 17.7 Å². The first-order valence-corrected chi connectivity index (χ1v) is 12.0. The van der Waals surface area contributed by atoms with Crippen molar-refractivity contribution in [3.8, 4) is 22.8 Å². The number of benzene rings is 2. The number of rotatable bonds is 7. The van der Waals surface area contributed by atoms with Crippen LogP contribution in [0, 0.1) is 19.7 Å². The lowest BCUT2D eigenvalue weighted by molar-refractivity contribution is 0.0953. The van der Waals surface area contributed by atoms with Gasteiger partial charge in [0.1, 0.15) is 12.1 Å². The summed E-state index contributed by atoms with van der Waals surface area (Å²) in [6.07, 6.45) is 3.89. The number of aromatic nitrogens is 4. The SMILES string of the molecule is Cc1ccc(-c2nc(CSc3nnc(-c4ccc(F)cc4)n3CC3CCCO3)co2)c(C)c1. The summed E-state index contributed by atoms with van der Waals surface area (Å²) in [5.41, 5.74) is 5.01. The molecule has 3 heterocycles. The van der Waals surface area contributed by atoms with E-state index in [0.717, 1.165) is 47.0 Å². The largest absolute Gasteiger partial charge is 0.444 e. The number of hydrogen-bond donors (Lipinski definition) is 0. The van der Waals surface area contributed by atoms with Gasteiger partial charge in [-0.1, -0.05) is 29.5 Å². The Morgan fingerprint density at radius 2 is 1.97 bits per heavy atom. The predicted octanol–water partition coefficient (Wildman–Crippen LogP) is 5.83. The Morgan fingerprint density at radius 3 is 2.73 bits per heavy atom. The van der Waals surface area contributed by atoms with Gasteiger partial charge in [-0.05, 0) is 62.6 Å². The molecule has 8 heteroatoms. The van der Waals surface area contributed by atoms with E-state index in [4.69, 9.17) is 9.15 Å². The number of nitrogens with zero attached hydrogens (tertiary/aromatic N) is 4. The average Bonchev–Trinajstić information content (AvgIpc) is 3.55. The van der Waals surface area contributed by atoms with Gasteiger partial charge in [0, 0.05) is 23.5 Å². The minimum absolute atomic E-state index is 0.128. The van der Waals surface area contributed by atoms with Gasteiger partial charge in [0.2, 0.25) is 5.89 Å². The lowest BCUT2D eigenvalue weighted by Crippen LogP contribution is -2.16. The van der Waals surface area contributed by atoms with Crippen LogP contribution in [0.2, 0.25) is 0 Å². The molecule has 1 unspecified atom stereocenters. The lowest BCUT2D eigenvalue weighted by Gasteiger charge is -2.14. The molecule has 1 aliphatic rings. The zero-order valence-corrected chi connectivity index (χ0v) is 19.4. The molecule has 5 rings (SSSR count). The molecule has 6 nitrogen and oxygen atoms in total.